The molecule has 116 valence electrons. The Hall–Kier alpha value is -0.900. The maximum absolute atomic E-state index is 3.57. The number of likely N-dealkylation sites (tertiary alicyclic amines) is 1. The smallest absolute Gasteiger partial charge is 0.0254 e. The van der Waals surface area contributed by atoms with Crippen LogP contribution in [0.25, 0.3) is 0 Å². The van der Waals surface area contributed by atoms with Gasteiger partial charge in [-0.2, -0.15) is 0 Å². The Balaban J connectivity index is 1.50. The minimum atomic E-state index is 0.701. The predicted octanol–water partition coefficient (Wildman–Crippen LogP) is 2.32. The average molecular weight is 287 g/mol. The summed E-state index contributed by atoms with van der Waals surface area (Å²) in [4.78, 5) is 4.96. The van der Waals surface area contributed by atoms with E-state index in [-0.39, 0.29) is 0 Å². The van der Waals surface area contributed by atoms with Gasteiger partial charge in [0.15, 0.2) is 0 Å². The second-order valence-corrected chi connectivity index (χ2v) is 7.17. The van der Waals surface area contributed by atoms with Crippen LogP contribution in [0, 0.1) is 5.92 Å². The van der Waals surface area contributed by atoms with Crippen LogP contribution in [0.5, 0.6) is 0 Å². The van der Waals surface area contributed by atoms with Gasteiger partial charge in [-0.05, 0) is 44.0 Å². The van der Waals surface area contributed by atoms with Gasteiger partial charge in [0.2, 0.25) is 0 Å². The summed E-state index contributed by atoms with van der Waals surface area (Å²) in [5.41, 5.74) is 2.85. The number of likely N-dealkylation sites (N-methyl/N-ethyl adjacent to an activating group) is 1. The third-order valence-electron chi connectivity index (χ3n) is 4.91. The number of benzene rings is 1. The maximum atomic E-state index is 3.57. The molecule has 3 heteroatoms. The monoisotopic (exact) mass is 287 g/mol. The molecule has 1 saturated carbocycles. The van der Waals surface area contributed by atoms with Gasteiger partial charge >= 0.3 is 0 Å². The van der Waals surface area contributed by atoms with Crippen molar-refractivity contribution in [2.24, 2.45) is 5.92 Å². The van der Waals surface area contributed by atoms with Crippen molar-refractivity contribution in [2.75, 3.05) is 27.2 Å². The van der Waals surface area contributed by atoms with Crippen molar-refractivity contribution in [3.8, 4) is 0 Å². The molecule has 1 aromatic carbocycles. The quantitative estimate of drug-likeness (QED) is 0.866. The normalized spacial score (nSPS) is 26.7. The third kappa shape index (κ3) is 4.06. The van der Waals surface area contributed by atoms with Crippen LogP contribution in [-0.4, -0.2) is 49.1 Å². The molecule has 1 heterocycles. The number of rotatable bonds is 6. The highest BCUT2D eigenvalue weighted by atomic mass is 15.2. The van der Waals surface area contributed by atoms with Crippen molar-refractivity contribution < 1.29 is 0 Å². The molecule has 1 aliphatic heterocycles. The lowest BCUT2D eigenvalue weighted by molar-refractivity contribution is 0.250. The average Bonchev–Trinajstić information content (AvgIpc) is 3.21. The van der Waals surface area contributed by atoms with Crippen LogP contribution in [0.15, 0.2) is 24.3 Å². The summed E-state index contributed by atoms with van der Waals surface area (Å²) < 4.78 is 0. The second-order valence-electron chi connectivity index (χ2n) is 7.17. The molecule has 0 amide bonds. The Bertz CT molecular complexity index is 450. The Morgan fingerprint density at radius 3 is 2.33 bits per heavy atom. The van der Waals surface area contributed by atoms with Crippen molar-refractivity contribution in [2.45, 2.75) is 44.9 Å². The van der Waals surface area contributed by atoms with E-state index in [9.17, 15) is 0 Å². The van der Waals surface area contributed by atoms with Crippen LogP contribution in [0.3, 0.4) is 0 Å². The zero-order valence-corrected chi connectivity index (χ0v) is 13.7. The van der Waals surface area contributed by atoms with E-state index in [0.29, 0.717) is 6.04 Å². The van der Waals surface area contributed by atoms with E-state index < -0.39 is 0 Å². The first-order chi connectivity index (χ1) is 10.1. The zero-order valence-electron chi connectivity index (χ0n) is 13.7. The fourth-order valence-electron chi connectivity index (χ4n) is 3.42. The first-order valence-corrected chi connectivity index (χ1v) is 8.32. The Morgan fingerprint density at radius 2 is 1.76 bits per heavy atom. The van der Waals surface area contributed by atoms with Crippen molar-refractivity contribution in [1.29, 1.82) is 0 Å². The zero-order chi connectivity index (χ0) is 14.8. The highest BCUT2D eigenvalue weighted by Crippen LogP contribution is 2.22. The molecule has 3 rings (SSSR count). The van der Waals surface area contributed by atoms with E-state index in [1.165, 1.54) is 37.1 Å². The van der Waals surface area contributed by atoms with Crippen LogP contribution in [0.2, 0.25) is 0 Å². The summed E-state index contributed by atoms with van der Waals surface area (Å²) in [6.07, 6.45) is 2.72. The van der Waals surface area contributed by atoms with Crippen LogP contribution in [0.4, 0.5) is 0 Å². The van der Waals surface area contributed by atoms with Crippen molar-refractivity contribution in [3.63, 3.8) is 0 Å². The van der Waals surface area contributed by atoms with Crippen molar-refractivity contribution in [1.82, 2.24) is 15.1 Å². The van der Waals surface area contributed by atoms with E-state index in [1.54, 1.807) is 0 Å². The summed E-state index contributed by atoms with van der Waals surface area (Å²) in [6.45, 7) is 6.89. The molecule has 1 saturated heterocycles. The minimum Gasteiger partial charge on any atom is -0.310 e. The highest BCUT2D eigenvalue weighted by Gasteiger charge is 2.30. The maximum Gasteiger partial charge on any atom is 0.0254 e. The molecule has 2 fully saturated rings. The molecule has 1 aromatic rings. The van der Waals surface area contributed by atoms with Crippen LogP contribution < -0.4 is 5.32 Å². The molecule has 0 spiro atoms. The molecule has 1 aliphatic carbocycles. The van der Waals surface area contributed by atoms with E-state index in [0.717, 1.165) is 25.0 Å². The molecular formula is C18H29N3. The topological polar surface area (TPSA) is 18.5 Å². The summed E-state index contributed by atoms with van der Waals surface area (Å²) in [6, 6.07) is 10.7. The highest BCUT2D eigenvalue weighted by molar-refractivity contribution is 5.22. The molecule has 3 nitrogen and oxygen atoms in total. The molecule has 2 unspecified atom stereocenters. The van der Waals surface area contributed by atoms with Gasteiger partial charge in [0.1, 0.15) is 0 Å². The molecule has 1 N–H and O–H groups in total. The first kappa shape index (κ1) is 15.0. The fourth-order valence-corrected chi connectivity index (χ4v) is 3.42. The molecule has 2 atom stereocenters. The van der Waals surface area contributed by atoms with Crippen LogP contribution in [-0.2, 0) is 13.1 Å². The Morgan fingerprint density at radius 1 is 1.10 bits per heavy atom. The number of hydrogen-bond acceptors (Lipinski definition) is 3. The lowest BCUT2D eigenvalue weighted by Gasteiger charge is -2.22. The van der Waals surface area contributed by atoms with Gasteiger partial charge in [-0.25, -0.2) is 0 Å². The second kappa shape index (κ2) is 6.47. The van der Waals surface area contributed by atoms with Crippen molar-refractivity contribution >= 4 is 0 Å². The lowest BCUT2D eigenvalue weighted by atomic mass is 10.1. The fraction of sp³-hybridized carbons (Fsp3) is 0.667. The SMILES string of the molecule is CC1CN(Cc2ccc(CNC3CC3)cc2)CC1N(C)C. The summed E-state index contributed by atoms with van der Waals surface area (Å²) in [5, 5.41) is 3.57. The van der Waals surface area contributed by atoms with Gasteiger partial charge in [-0.3, -0.25) is 4.90 Å². The summed E-state index contributed by atoms with van der Waals surface area (Å²) in [7, 11) is 4.40. The standard InChI is InChI=1S/C18H29N3/c1-14-11-21(13-18(14)20(2)3)12-16-6-4-15(5-7-16)10-19-17-8-9-17/h4-7,14,17-19H,8-13H2,1-3H3. The number of nitrogens with zero attached hydrogens (tertiary/aromatic N) is 2. The van der Waals surface area contributed by atoms with Gasteiger partial charge in [0.25, 0.3) is 0 Å². The van der Waals surface area contributed by atoms with Gasteiger partial charge in [-0.15, -0.1) is 0 Å². The van der Waals surface area contributed by atoms with E-state index in [1.807, 2.05) is 0 Å². The first-order valence-electron chi connectivity index (χ1n) is 8.32. The van der Waals surface area contributed by atoms with Gasteiger partial charge in [0, 0.05) is 38.3 Å². The summed E-state index contributed by atoms with van der Waals surface area (Å²) >= 11 is 0. The number of hydrogen-bond donors (Lipinski definition) is 1. The molecule has 0 aromatic heterocycles. The van der Waals surface area contributed by atoms with Gasteiger partial charge in [-0.1, -0.05) is 31.2 Å². The molecule has 0 bridgehead atoms. The molecular weight excluding hydrogens is 258 g/mol. The molecule has 21 heavy (non-hydrogen) atoms. The molecule has 2 aliphatic rings. The van der Waals surface area contributed by atoms with E-state index >= 15 is 0 Å². The minimum absolute atomic E-state index is 0.701. The van der Waals surface area contributed by atoms with Gasteiger partial charge < -0.3 is 10.2 Å². The Kier molecular flexibility index (Phi) is 4.63. The number of nitrogens with one attached hydrogen (secondary N) is 1. The molecule has 0 radical (unpaired) electrons. The van der Waals surface area contributed by atoms with E-state index in [4.69, 9.17) is 0 Å². The van der Waals surface area contributed by atoms with Crippen molar-refractivity contribution in [3.05, 3.63) is 35.4 Å². The lowest BCUT2D eigenvalue weighted by Crippen LogP contribution is -2.34. The third-order valence-corrected chi connectivity index (χ3v) is 4.91. The predicted molar refractivity (Wildman–Crippen MR) is 88.2 cm³/mol. The van der Waals surface area contributed by atoms with Gasteiger partial charge in [0.05, 0.1) is 0 Å². The summed E-state index contributed by atoms with van der Waals surface area (Å²) in [5.74, 6) is 0.766. The van der Waals surface area contributed by atoms with E-state index in [2.05, 4.69) is 60.4 Å². The Labute approximate surface area is 129 Å². The largest absolute Gasteiger partial charge is 0.310 e. The van der Waals surface area contributed by atoms with Crippen LogP contribution >= 0.6 is 0 Å². The van der Waals surface area contributed by atoms with Crippen LogP contribution in [0.1, 0.15) is 30.9 Å².